The molecule has 0 fully saturated rings. The lowest BCUT2D eigenvalue weighted by molar-refractivity contribution is 0.158. The molecule has 0 saturated carbocycles. The van der Waals surface area contributed by atoms with Gasteiger partial charge in [-0.25, -0.2) is 4.79 Å². The fourth-order valence-corrected chi connectivity index (χ4v) is 1.45. The zero-order valence-corrected chi connectivity index (χ0v) is 10.4. The maximum atomic E-state index is 11.5. The average molecular weight is 236 g/mol. The van der Waals surface area contributed by atoms with Gasteiger partial charge in [0.2, 0.25) is 0 Å². The highest BCUT2D eigenvalue weighted by Gasteiger charge is 2.04. The zero-order valence-electron chi connectivity index (χ0n) is 10.4. The molecular formula is C13H20N2O2. The van der Waals surface area contributed by atoms with E-state index in [1.807, 2.05) is 37.3 Å². The van der Waals surface area contributed by atoms with Crippen molar-refractivity contribution in [2.45, 2.75) is 13.5 Å². The minimum atomic E-state index is -0.142. The van der Waals surface area contributed by atoms with Gasteiger partial charge in [-0.3, -0.25) is 0 Å². The molecule has 0 aliphatic heterocycles. The number of ether oxygens (including phenoxy) is 1. The molecule has 0 bridgehead atoms. The third-order valence-electron chi connectivity index (χ3n) is 2.36. The van der Waals surface area contributed by atoms with Crippen molar-refractivity contribution < 1.29 is 9.53 Å². The summed E-state index contributed by atoms with van der Waals surface area (Å²) in [7, 11) is 1.66. The Balaban J connectivity index is 2.17. The molecule has 1 aromatic rings. The van der Waals surface area contributed by atoms with Crippen LogP contribution in [0.5, 0.6) is 0 Å². The Hall–Kier alpha value is -1.55. The maximum Gasteiger partial charge on any atom is 0.315 e. The van der Waals surface area contributed by atoms with Crippen LogP contribution >= 0.6 is 0 Å². The van der Waals surface area contributed by atoms with Gasteiger partial charge in [0.15, 0.2) is 0 Å². The summed E-state index contributed by atoms with van der Waals surface area (Å²) in [6.45, 7) is 3.85. The van der Waals surface area contributed by atoms with Crippen LogP contribution in [0.1, 0.15) is 12.5 Å². The molecule has 2 amide bonds. The predicted molar refractivity (Wildman–Crippen MR) is 67.7 cm³/mol. The lowest BCUT2D eigenvalue weighted by Gasteiger charge is -2.12. The Labute approximate surface area is 102 Å². The molecule has 0 aromatic heterocycles. The highest BCUT2D eigenvalue weighted by molar-refractivity contribution is 5.73. The maximum absolute atomic E-state index is 11.5. The summed E-state index contributed by atoms with van der Waals surface area (Å²) in [6.07, 6.45) is 0. The van der Waals surface area contributed by atoms with Crippen molar-refractivity contribution in [3.63, 3.8) is 0 Å². The second-order valence-electron chi connectivity index (χ2n) is 4.11. The highest BCUT2D eigenvalue weighted by Crippen LogP contribution is 1.97. The molecule has 0 radical (unpaired) electrons. The van der Waals surface area contributed by atoms with E-state index in [4.69, 9.17) is 4.74 Å². The average Bonchev–Trinajstić information content (AvgIpc) is 2.35. The van der Waals surface area contributed by atoms with Gasteiger partial charge in [0.05, 0.1) is 6.61 Å². The molecule has 1 atom stereocenters. The van der Waals surface area contributed by atoms with Crippen LogP contribution in [0.3, 0.4) is 0 Å². The van der Waals surface area contributed by atoms with Crippen molar-refractivity contribution >= 4 is 6.03 Å². The standard InChI is InChI=1S/C13H20N2O2/c1-11(10-17-2)8-14-13(16)15-9-12-6-4-3-5-7-12/h3-7,11H,8-10H2,1-2H3,(H2,14,15,16). The van der Waals surface area contributed by atoms with Gasteiger partial charge in [-0.05, 0) is 11.5 Å². The molecule has 4 heteroatoms. The number of carbonyl (C=O) groups excluding carboxylic acids is 1. The number of rotatable bonds is 6. The SMILES string of the molecule is COCC(C)CNC(=O)NCc1ccccc1. The quantitative estimate of drug-likeness (QED) is 0.791. The van der Waals surface area contributed by atoms with Gasteiger partial charge in [0.25, 0.3) is 0 Å². The Bertz CT molecular complexity index is 327. The van der Waals surface area contributed by atoms with E-state index in [1.54, 1.807) is 7.11 Å². The summed E-state index contributed by atoms with van der Waals surface area (Å²) < 4.78 is 4.99. The molecule has 0 heterocycles. The van der Waals surface area contributed by atoms with Gasteiger partial charge in [-0.1, -0.05) is 37.3 Å². The fraction of sp³-hybridized carbons (Fsp3) is 0.462. The first kappa shape index (κ1) is 13.5. The van der Waals surface area contributed by atoms with Crippen LogP contribution in [0.2, 0.25) is 0 Å². The van der Waals surface area contributed by atoms with Crippen LogP contribution in [0, 0.1) is 5.92 Å². The van der Waals surface area contributed by atoms with Crippen molar-refractivity contribution in [3.8, 4) is 0 Å². The van der Waals surface area contributed by atoms with Crippen LogP contribution in [-0.4, -0.2) is 26.3 Å². The first-order valence-electron chi connectivity index (χ1n) is 5.77. The van der Waals surface area contributed by atoms with Gasteiger partial charge in [0, 0.05) is 20.2 Å². The Morgan fingerprint density at radius 3 is 2.65 bits per heavy atom. The molecule has 0 aliphatic rings. The van der Waals surface area contributed by atoms with E-state index in [0.29, 0.717) is 25.6 Å². The van der Waals surface area contributed by atoms with Crippen molar-refractivity contribution in [1.29, 1.82) is 0 Å². The van der Waals surface area contributed by atoms with Crippen molar-refractivity contribution in [3.05, 3.63) is 35.9 Å². The van der Waals surface area contributed by atoms with Gasteiger partial charge >= 0.3 is 6.03 Å². The van der Waals surface area contributed by atoms with Crippen molar-refractivity contribution in [1.82, 2.24) is 10.6 Å². The summed E-state index contributed by atoms with van der Waals surface area (Å²) in [5, 5.41) is 5.61. The molecule has 17 heavy (non-hydrogen) atoms. The minimum Gasteiger partial charge on any atom is -0.384 e. The van der Waals surface area contributed by atoms with Crippen LogP contribution in [0.15, 0.2) is 30.3 Å². The summed E-state index contributed by atoms with van der Waals surface area (Å²) in [5.41, 5.74) is 1.09. The van der Waals surface area contributed by atoms with Gasteiger partial charge in [-0.15, -0.1) is 0 Å². The zero-order chi connectivity index (χ0) is 12.5. The monoisotopic (exact) mass is 236 g/mol. The number of methoxy groups -OCH3 is 1. The Morgan fingerprint density at radius 1 is 1.29 bits per heavy atom. The van der Waals surface area contributed by atoms with Crippen LogP contribution < -0.4 is 10.6 Å². The molecule has 0 spiro atoms. The summed E-state index contributed by atoms with van der Waals surface area (Å²) in [5.74, 6) is 0.322. The summed E-state index contributed by atoms with van der Waals surface area (Å²) >= 11 is 0. The molecule has 2 N–H and O–H groups in total. The van der Waals surface area contributed by atoms with E-state index in [1.165, 1.54) is 0 Å². The summed E-state index contributed by atoms with van der Waals surface area (Å²) in [6, 6.07) is 9.68. The molecule has 0 saturated heterocycles. The number of hydrogen-bond donors (Lipinski definition) is 2. The first-order valence-corrected chi connectivity index (χ1v) is 5.77. The van der Waals surface area contributed by atoms with Crippen LogP contribution in [-0.2, 0) is 11.3 Å². The van der Waals surface area contributed by atoms with Gasteiger partial charge in [-0.2, -0.15) is 0 Å². The number of carbonyl (C=O) groups is 1. The number of hydrogen-bond acceptors (Lipinski definition) is 2. The van der Waals surface area contributed by atoms with E-state index >= 15 is 0 Å². The first-order chi connectivity index (χ1) is 8.22. The van der Waals surface area contributed by atoms with E-state index in [-0.39, 0.29) is 6.03 Å². The number of benzene rings is 1. The van der Waals surface area contributed by atoms with Crippen LogP contribution in [0.4, 0.5) is 4.79 Å². The number of nitrogens with one attached hydrogen (secondary N) is 2. The lowest BCUT2D eigenvalue weighted by Crippen LogP contribution is -2.38. The van der Waals surface area contributed by atoms with Crippen molar-refractivity contribution in [2.24, 2.45) is 5.92 Å². The lowest BCUT2D eigenvalue weighted by atomic mass is 10.2. The van der Waals surface area contributed by atoms with Gasteiger partial charge in [0.1, 0.15) is 0 Å². The molecule has 1 rings (SSSR count). The smallest absolute Gasteiger partial charge is 0.315 e. The summed E-state index contributed by atoms with van der Waals surface area (Å²) in [4.78, 5) is 11.5. The topological polar surface area (TPSA) is 50.4 Å². The third-order valence-corrected chi connectivity index (χ3v) is 2.36. The van der Waals surface area contributed by atoms with Gasteiger partial charge < -0.3 is 15.4 Å². The van der Waals surface area contributed by atoms with E-state index in [2.05, 4.69) is 10.6 Å². The predicted octanol–water partition coefficient (Wildman–Crippen LogP) is 1.77. The molecule has 4 nitrogen and oxygen atoms in total. The van der Waals surface area contributed by atoms with E-state index in [0.717, 1.165) is 5.56 Å². The molecular weight excluding hydrogens is 216 g/mol. The largest absolute Gasteiger partial charge is 0.384 e. The van der Waals surface area contributed by atoms with Crippen molar-refractivity contribution in [2.75, 3.05) is 20.3 Å². The second kappa shape index (κ2) is 7.68. The van der Waals surface area contributed by atoms with E-state index in [9.17, 15) is 4.79 Å². The molecule has 1 unspecified atom stereocenters. The second-order valence-corrected chi connectivity index (χ2v) is 4.11. The number of amides is 2. The molecule has 94 valence electrons. The molecule has 0 aliphatic carbocycles. The fourth-order valence-electron chi connectivity index (χ4n) is 1.45. The minimum absolute atomic E-state index is 0.142. The van der Waals surface area contributed by atoms with Crippen LogP contribution in [0.25, 0.3) is 0 Å². The number of urea groups is 1. The normalized spacial score (nSPS) is 11.9. The Morgan fingerprint density at radius 2 is 2.00 bits per heavy atom. The highest BCUT2D eigenvalue weighted by atomic mass is 16.5. The third kappa shape index (κ3) is 5.92. The van der Waals surface area contributed by atoms with E-state index < -0.39 is 0 Å². The molecule has 1 aromatic carbocycles. The Kier molecular flexibility index (Phi) is 6.10.